The maximum Gasteiger partial charge on any atom is 0.420 e. The Morgan fingerprint density at radius 3 is 2.65 bits per heavy atom. The molecule has 0 spiro atoms. The third kappa shape index (κ3) is 2.63. The van der Waals surface area contributed by atoms with Crippen LogP contribution in [-0.2, 0) is 6.54 Å². The standard InChI is InChI=1S/C15H12BrNO3/c16-11-5-7-12(8-6-11)19-10-9-17-13-3-1-2-4-14(13)20-15(17)18/h1-8H,9-10H2. The summed E-state index contributed by atoms with van der Waals surface area (Å²) in [6, 6.07) is 14.9. The molecule has 3 aromatic rings. The molecule has 1 heterocycles. The number of nitrogens with zero attached hydrogens (tertiary/aromatic N) is 1. The Morgan fingerprint density at radius 2 is 1.85 bits per heavy atom. The number of halogens is 1. The van der Waals surface area contributed by atoms with Crippen LogP contribution in [0.2, 0.25) is 0 Å². The molecule has 2 aromatic carbocycles. The summed E-state index contributed by atoms with van der Waals surface area (Å²) in [5, 5.41) is 0. The van der Waals surface area contributed by atoms with E-state index in [2.05, 4.69) is 15.9 Å². The first-order valence-corrected chi connectivity index (χ1v) is 7.00. The molecule has 0 aliphatic carbocycles. The molecular formula is C15H12BrNO3. The largest absolute Gasteiger partial charge is 0.492 e. The zero-order chi connectivity index (χ0) is 13.9. The summed E-state index contributed by atoms with van der Waals surface area (Å²) < 4.78 is 13.4. The summed E-state index contributed by atoms with van der Waals surface area (Å²) >= 11 is 3.37. The molecule has 0 saturated carbocycles. The van der Waals surface area contributed by atoms with Gasteiger partial charge in [-0.15, -0.1) is 0 Å². The van der Waals surface area contributed by atoms with Crippen molar-refractivity contribution in [3.05, 3.63) is 63.6 Å². The van der Waals surface area contributed by atoms with Crippen molar-refractivity contribution in [2.75, 3.05) is 6.61 Å². The highest BCUT2D eigenvalue weighted by Gasteiger charge is 2.07. The second-order valence-electron chi connectivity index (χ2n) is 4.29. The zero-order valence-corrected chi connectivity index (χ0v) is 12.2. The molecule has 0 atom stereocenters. The lowest BCUT2D eigenvalue weighted by atomic mass is 10.3. The Bertz CT molecular complexity index is 774. The summed E-state index contributed by atoms with van der Waals surface area (Å²) in [5.41, 5.74) is 1.39. The van der Waals surface area contributed by atoms with Crippen molar-refractivity contribution in [1.29, 1.82) is 0 Å². The predicted octanol–water partition coefficient (Wildman–Crippen LogP) is 3.44. The van der Waals surface area contributed by atoms with Gasteiger partial charge in [-0.1, -0.05) is 28.1 Å². The number of rotatable bonds is 4. The van der Waals surface area contributed by atoms with E-state index in [1.807, 2.05) is 42.5 Å². The van der Waals surface area contributed by atoms with Gasteiger partial charge in [-0.05, 0) is 36.4 Å². The van der Waals surface area contributed by atoms with Gasteiger partial charge in [0.2, 0.25) is 0 Å². The minimum atomic E-state index is -0.356. The van der Waals surface area contributed by atoms with E-state index < -0.39 is 0 Å². The minimum absolute atomic E-state index is 0.356. The molecule has 5 heteroatoms. The maximum atomic E-state index is 11.8. The second kappa shape index (κ2) is 5.54. The van der Waals surface area contributed by atoms with Crippen LogP contribution in [0.5, 0.6) is 5.75 Å². The normalized spacial score (nSPS) is 10.8. The average Bonchev–Trinajstić information content (AvgIpc) is 2.77. The zero-order valence-electron chi connectivity index (χ0n) is 10.6. The molecule has 0 fully saturated rings. The molecule has 0 bridgehead atoms. The molecule has 3 rings (SSSR count). The molecule has 0 amide bonds. The first-order chi connectivity index (χ1) is 9.74. The van der Waals surface area contributed by atoms with E-state index in [-0.39, 0.29) is 5.76 Å². The smallest absolute Gasteiger partial charge is 0.420 e. The number of aromatic nitrogens is 1. The molecule has 0 N–H and O–H groups in total. The lowest BCUT2D eigenvalue weighted by Gasteiger charge is -2.06. The molecule has 0 unspecified atom stereocenters. The van der Waals surface area contributed by atoms with Crippen molar-refractivity contribution >= 4 is 27.0 Å². The van der Waals surface area contributed by atoms with E-state index in [9.17, 15) is 4.79 Å². The Morgan fingerprint density at radius 1 is 1.10 bits per heavy atom. The number of hydrogen-bond donors (Lipinski definition) is 0. The van der Waals surface area contributed by atoms with Crippen molar-refractivity contribution in [1.82, 2.24) is 4.57 Å². The van der Waals surface area contributed by atoms with Gasteiger partial charge in [-0.25, -0.2) is 4.79 Å². The molecule has 0 saturated heterocycles. The van der Waals surface area contributed by atoms with Crippen LogP contribution in [0.3, 0.4) is 0 Å². The van der Waals surface area contributed by atoms with Crippen molar-refractivity contribution in [2.45, 2.75) is 6.54 Å². The molecule has 0 radical (unpaired) electrons. The van der Waals surface area contributed by atoms with Gasteiger partial charge in [0.15, 0.2) is 5.58 Å². The number of oxazole rings is 1. The number of para-hydroxylation sites is 2. The second-order valence-corrected chi connectivity index (χ2v) is 5.21. The number of benzene rings is 2. The van der Waals surface area contributed by atoms with Crippen LogP contribution in [-0.4, -0.2) is 11.2 Å². The van der Waals surface area contributed by atoms with E-state index in [4.69, 9.17) is 9.15 Å². The lowest BCUT2D eigenvalue weighted by Crippen LogP contribution is -2.18. The van der Waals surface area contributed by atoms with Gasteiger partial charge in [0.25, 0.3) is 0 Å². The van der Waals surface area contributed by atoms with Crippen molar-refractivity contribution in [3.63, 3.8) is 0 Å². The fourth-order valence-corrected chi connectivity index (χ4v) is 2.28. The quantitative estimate of drug-likeness (QED) is 0.734. The summed E-state index contributed by atoms with van der Waals surface area (Å²) in [6.45, 7) is 0.858. The summed E-state index contributed by atoms with van der Waals surface area (Å²) in [4.78, 5) is 11.8. The topological polar surface area (TPSA) is 44.4 Å². The van der Waals surface area contributed by atoms with Gasteiger partial charge in [0.1, 0.15) is 12.4 Å². The molecule has 0 aliphatic rings. The van der Waals surface area contributed by atoms with Crippen LogP contribution in [0, 0.1) is 0 Å². The number of hydrogen-bond acceptors (Lipinski definition) is 3. The van der Waals surface area contributed by atoms with Crippen molar-refractivity contribution < 1.29 is 9.15 Å². The molecule has 1 aromatic heterocycles. The summed E-state index contributed by atoms with van der Waals surface area (Å²) in [6.07, 6.45) is 0. The monoisotopic (exact) mass is 333 g/mol. The van der Waals surface area contributed by atoms with Crippen molar-refractivity contribution in [3.8, 4) is 5.75 Å². The van der Waals surface area contributed by atoms with Gasteiger partial charge in [0.05, 0.1) is 12.1 Å². The molecule has 102 valence electrons. The SMILES string of the molecule is O=c1oc2ccccc2n1CCOc1ccc(Br)cc1. The van der Waals surface area contributed by atoms with E-state index in [0.29, 0.717) is 18.7 Å². The first-order valence-electron chi connectivity index (χ1n) is 6.21. The highest BCUT2D eigenvalue weighted by Crippen LogP contribution is 2.16. The van der Waals surface area contributed by atoms with E-state index in [0.717, 1.165) is 15.7 Å². The predicted molar refractivity (Wildman–Crippen MR) is 80.1 cm³/mol. The fourth-order valence-electron chi connectivity index (χ4n) is 2.01. The fraction of sp³-hybridized carbons (Fsp3) is 0.133. The maximum absolute atomic E-state index is 11.8. The average molecular weight is 334 g/mol. The first kappa shape index (κ1) is 13.0. The van der Waals surface area contributed by atoms with Crippen LogP contribution in [0.4, 0.5) is 0 Å². The van der Waals surface area contributed by atoms with Crippen LogP contribution >= 0.6 is 15.9 Å². The Kier molecular flexibility index (Phi) is 3.60. The highest BCUT2D eigenvalue weighted by atomic mass is 79.9. The third-order valence-electron chi connectivity index (χ3n) is 2.97. The Labute approximate surface area is 123 Å². The molecule has 4 nitrogen and oxygen atoms in total. The summed E-state index contributed by atoms with van der Waals surface area (Å²) in [7, 11) is 0. The van der Waals surface area contributed by atoms with Crippen molar-refractivity contribution in [2.24, 2.45) is 0 Å². The summed E-state index contributed by atoms with van der Waals surface area (Å²) in [5.74, 6) is 0.416. The Balaban J connectivity index is 1.72. The van der Waals surface area contributed by atoms with Gasteiger partial charge in [-0.2, -0.15) is 0 Å². The highest BCUT2D eigenvalue weighted by molar-refractivity contribution is 9.10. The van der Waals surface area contributed by atoms with Crippen LogP contribution in [0.15, 0.2) is 62.2 Å². The lowest BCUT2D eigenvalue weighted by molar-refractivity contribution is 0.294. The van der Waals surface area contributed by atoms with E-state index in [1.54, 1.807) is 10.6 Å². The molecular weight excluding hydrogens is 322 g/mol. The molecule has 0 aliphatic heterocycles. The van der Waals surface area contributed by atoms with Crippen LogP contribution in [0.25, 0.3) is 11.1 Å². The number of ether oxygens (including phenoxy) is 1. The van der Waals surface area contributed by atoms with Crippen LogP contribution < -0.4 is 10.5 Å². The van der Waals surface area contributed by atoms with Gasteiger partial charge < -0.3 is 9.15 Å². The van der Waals surface area contributed by atoms with Gasteiger partial charge in [0, 0.05) is 4.47 Å². The third-order valence-corrected chi connectivity index (χ3v) is 3.50. The van der Waals surface area contributed by atoms with Crippen LogP contribution in [0.1, 0.15) is 0 Å². The molecule has 20 heavy (non-hydrogen) atoms. The number of fused-ring (bicyclic) bond motifs is 1. The Hall–Kier alpha value is -2.01. The van der Waals surface area contributed by atoms with Gasteiger partial charge >= 0.3 is 5.76 Å². The minimum Gasteiger partial charge on any atom is -0.492 e. The van der Waals surface area contributed by atoms with E-state index in [1.165, 1.54) is 0 Å². The van der Waals surface area contributed by atoms with E-state index >= 15 is 0 Å². The van der Waals surface area contributed by atoms with Gasteiger partial charge in [-0.3, -0.25) is 4.57 Å².